The highest BCUT2D eigenvalue weighted by Gasteiger charge is 2.31. The van der Waals surface area contributed by atoms with Crippen molar-refractivity contribution >= 4 is 51.7 Å². The number of pyridine rings is 1. The minimum Gasteiger partial charge on any atom is -0.366 e. The molecular formula is C17H16N4O2S2. The summed E-state index contributed by atoms with van der Waals surface area (Å²) in [5.41, 5.74) is 0.596. The van der Waals surface area contributed by atoms with Gasteiger partial charge < -0.3 is 5.32 Å². The van der Waals surface area contributed by atoms with Crippen LogP contribution in [-0.4, -0.2) is 37.6 Å². The van der Waals surface area contributed by atoms with Crippen LogP contribution in [0.4, 0.5) is 5.82 Å². The Labute approximate surface area is 154 Å². The number of carbonyl (C=O) groups is 1. The molecule has 0 bridgehead atoms. The summed E-state index contributed by atoms with van der Waals surface area (Å²) in [4.78, 5) is 31.7. The number of hydrogen-bond acceptors (Lipinski definition) is 6. The van der Waals surface area contributed by atoms with Gasteiger partial charge in [0.05, 0.1) is 10.5 Å². The maximum atomic E-state index is 12.9. The van der Waals surface area contributed by atoms with Gasteiger partial charge in [-0.25, -0.2) is 4.98 Å². The summed E-state index contributed by atoms with van der Waals surface area (Å²) in [6, 6.07) is 5.32. The molecule has 8 heteroatoms. The molecule has 1 amide bonds. The predicted octanol–water partition coefficient (Wildman–Crippen LogP) is 2.51. The van der Waals surface area contributed by atoms with Crippen LogP contribution < -0.4 is 10.9 Å². The molecule has 1 saturated heterocycles. The van der Waals surface area contributed by atoms with Crippen molar-refractivity contribution in [3.8, 4) is 0 Å². The van der Waals surface area contributed by atoms with Gasteiger partial charge in [-0.2, -0.15) is 0 Å². The molecule has 6 nitrogen and oxygen atoms in total. The molecule has 0 unspecified atom stereocenters. The Morgan fingerprint density at radius 2 is 2.20 bits per heavy atom. The number of nitrogens with one attached hydrogen (secondary N) is 1. The van der Waals surface area contributed by atoms with Crippen molar-refractivity contribution in [3.05, 3.63) is 57.9 Å². The molecule has 1 N–H and O–H groups in total. The molecule has 1 aliphatic heterocycles. The highest BCUT2D eigenvalue weighted by molar-refractivity contribution is 8.26. The van der Waals surface area contributed by atoms with E-state index in [0.717, 1.165) is 0 Å². The van der Waals surface area contributed by atoms with Crippen molar-refractivity contribution in [3.63, 3.8) is 0 Å². The van der Waals surface area contributed by atoms with Crippen molar-refractivity contribution in [1.82, 2.24) is 14.3 Å². The molecule has 2 aromatic rings. The van der Waals surface area contributed by atoms with E-state index < -0.39 is 0 Å². The first-order valence-electron chi connectivity index (χ1n) is 7.68. The monoisotopic (exact) mass is 372 g/mol. The number of carbonyl (C=O) groups excluding carboxylic acids is 1. The van der Waals surface area contributed by atoms with Crippen molar-refractivity contribution in [2.24, 2.45) is 0 Å². The number of thiocarbonyl (C=S) groups is 1. The lowest BCUT2D eigenvalue weighted by atomic mass is 10.2. The van der Waals surface area contributed by atoms with Gasteiger partial charge in [-0.3, -0.25) is 18.9 Å². The normalized spacial score (nSPS) is 16.0. The Morgan fingerprint density at radius 3 is 2.88 bits per heavy atom. The first-order chi connectivity index (χ1) is 12.1. The van der Waals surface area contributed by atoms with E-state index in [9.17, 15) is 9.59 Å². The summed E-state index contributed by atoms with van der Waals surface area (Å²) in [7, 11) is 0. The van der Waals surface area contributed by atoms with Gasteiger partial charge in [0, 0.05) is 19.3 Å². The molecule has 128 valence electrons. The van der Waals surface area contributed by atoms with Gasteiger partial charge in [-0.15, -0.1) is 6.58 Å². The van der Waals surface area contributed by atoms with Crippen LogP contribution in [0.15, 0.2) is 46.8 Å². The quantitative estimate of drug-likeness (QED) is 0.494. The average molecular weight is 372 g/mol. The zero-order valence-corrected chi connectivity index (χ0v) is 15.2. The molecule has 0 aromatic carbocycles. The van der Waals surface area contributed by atoms with Gasteiger partial charge in [0.15, 0.2) is 0 Å². The minimum absolute atomic E-state index is 0.190. The summed E-state index contributed by atoms with van der Waals surface area (Å²) < 4.78 is 1.94. The number of hydrogen-bond donors (Lipinski definition) is 1. The van der Waals surface area contributed by atoms with Crippen LogP contribution in [0.5, 0.6) is 0 Å². The fourth-order valence-electron chi connectivity index (χ4n) is 2.44. The summed E-state index contributed by atoms with van der Waals surface area (Å²) >= 11 is 6.41. The maximum Gasteiger partial charge on any atom is 0.267 e. The summed E-state index contributed by atoms with van der Waals surface area (Å²) in [5, 5.41) is 3.07. The number of rotatable bonds is 5. The number of aromatic nitrogens is 2. The van der Waals surface area contributed by atoms with E-state index in [1.54, 1.807) is 30.5 Å². The lowest BCUT2D eigenvalue weighted by Crippen LogP contribution is -2.27. The average Bonchev–Trinajstić information content (AvgIpc) is 2.88. The molecule has 0 saturated carbocycles. The van der Waals surface area contributed by atoms with Crippen molar-refractivity contribution < 1.29 is 4.79 Å². The Kier molecular flexibility index (Phi) is 5.00. The molecule has 0 aliphatic carbocycles. The van der Waals surface area contributed by atoms with Gasteiger partial charge in [0.1, 0.15) is 15.8 Å². The van der Waals surface area contributed by atoms with E-state index in [2.05, 4.69) is 16.9 Å². The van der Waals surface area contributed by atoms with Crippen LogP contribution in [0, 0.1) is 0 Å². The first kappa shape index (κ1) is 17.4. The van der Waals surface area contributed by atoms with E-state index in [-0.39, 0.29) is 11.5 Å². The third-order valence-corrected chi connectivity index (χ3v) is 5.03. The van der Waals surface area contributed by atoms with Crippen molar-refractivity contribution in [1.29, 1.82) is 0 Å². The minimum atomic E-state index is -0.251. The topological polar surface area (TPSA) is 66.7 Å². The SMILES string of the molecule is C=CCNc1nc2ccccn2c(=O)c1/C=C1\SC(=S)N(CC)C1=O. The number of anilines is 1. The van der Waals surface area contributed by atoms with Crippen LogP contribution in [0.1, 0.15) is 12.5 Å². The maximum absolute atomic E-state index is 12.9. The molecule has 1 aliphatic rings. The molecule has 0 atom stereocenters. The standard InChI is InChI=1S/C17H16N4O2S2/c1-3-8-18-14-11(10-12-16(23)20(4-2)17(24)25-12)15(22)21-9-6-5-7-13(21)19-14/h3,5-7,9-10,18H,1,4,8H2,2H3/b12-10-. The number of fused-ring (bicyclic) bond motifs is 1. The van der Waals surface area contributed by atoms with Gasteiger partial charge >= 0.3 is 0 Å². The summed E-state index contributed by atoms with van der Waals surface area (Å²) in [6.45, 7) is 6.47. The van der Waals surface area contributed by atoms with Crippen LogP contribution >= 0.6 is 24.0 Å². The largest absolute Gasteiger partial charge is 0.366 e. The molecule has 3 rings (SSSR count). The molecular weight excluding hydrogens is 356 g/mol. The predicted molar refractivity (Wildman–Crippen MR) is 106 cm³/mol. The van der Waals surface area contributed by atoms with Crippen molar-refractivity contribution in [2.75, 3.05) is 18.4 Å². The van der Waals surface area contributed by atoms with Gasteiger partial charge in [-0.1, -0.05) is 36.1 Å². The Hall–Kier alpha value is -2.45. The highest BCUT2D eigenvalue weighted by Crippen LogP contribution is 2.32. The zero-order chi connectivity index (χ0) is 18.0. The Bertz CT molecular complexity index is 965. The molecule has 1 fully saturated rings. The Balaban J connectivity index is 2.17. The second-order valence-corrected chi connectivity index (χ2v) is 6.88. The highest BCUT2D eigenvalue weighted by atomic mass is 32.2. The second kappa shape index (κ2) is 7.20. The summed E-state index contributed by atoms with van der Waals surface area (Å²) in [6.07, 6.45) is 4.89. The summed E-state index contributed by atoms with van der Waals surface area (Å²) in [5.74, 6) is 0.225. The Morgan fingerprint density at radius 1 is 1.40 bits per heavy atom. The van der Waals surface area contributed by atoms with Gasteiger partial charge in [0.25, 0.3) is 11.5 Å². The lowest BCUT2D eigenvalue weighted by Gasteiger charge is -2.10. The zero-order valence-electron chi connectivity index (χ0n) is 13.6. The van der Waals surface area contributed by atoms with Gasteiger partial charge in [0.2, 0.25) is 0 Å². The fourth-order valence-corrected chi connectivity index (χ4v) is 3.81. The number of likely N-dealkylation sites (N-methyl/N-ethyl adjacent to an activating group) is 1. The van der Waals surface area contributed by atoms with Crippen molar-refractivity contribution in [2.45, 2.75) is 6.92 Å². The number of amides is 1. The number of thioether (sulfide) groups is 1. The smallest absolute Gasteiger partial charge is 0.267 e. The fraction of sp³-hybridized carbons (Fsp3) is 0.176. The molecule has 3 heterocycles. The number of nitrogens with zero attached hydrogens (tertiary/aromatic N) is 3. The van der Waals surface area contributed by atoms with E-state index in [1.807, 2.05) is 13.0 Å². The third-order valence-electron chi connectivity index (χ3n) is 3.65. The van der Waals surface area contributed by atoms with Crippen LogP contribution in [0.3, 0.4) is 0 Å². The molecule has 25 heavy (non-hydrogen) atoms. The lowest BCUT2D eigenvalue weighted by molar-refractivity contribution is -0.121. The van der Waals surface area contributed by atoms with Crippen LogP contribution in [0.25, 0.3) is 11.7 Å². The van der Waals surface area contributed by atoms with Crippen LogP contribution in [-0.2, 0) is 4.79 Å². The van der Waals surface area contributed by atoms with E-state index >= 15 is 0 Å². The van der Waals surface area contributed by atoms with E-state index in [4.69, 9.17) is 12.2 Å². The second-order valence-electron chi connectivity index (χ2n) is 5.20. The molecule has 2 aromatic heterocycles. The van der Waals surface area contributed by atoms with Gasteiger partial charge in [-0.05, 0) is 25.1 Å². The molecule has 0 spiro atoms. The third kappa shape index (κ3) is 3.22. The van der Waals surface area contributed by atoms with E-state index in [1.165, 1.54) is 21.1 Å². The first-order valence-corrected chi connectivity index (χ1v) is 8.90. The molecule has 0 radical (unpaired) electrons. The van der Waals surface area contributed by atoms with E-state index in [0.29, 0.717) is 39.3 Å². The van der Waals surface area contributed by atoms with Crippen LogP contribution in [0.2, 0.25) is 0 Å².